The molecular formula is C28H26N2O4S. The van der Waals surface area contributed by atoms with Crippen molar-refractivity contribution in [3.8, 4) is 5.75 Å². The Morgan fingerprint density at radius 3 is 1.83 bits per heavy atom. The molecule has 0 saturated carbocycles. The van der Waals surface area contributed by atoms with Crippen LogP contribution in [0.5, 0.6) is 5.75 Å². The molecule has 4 aromatic carbocycles. The van der Waals surface area contributed by atoms with E-state index in [1.165, 1.54) is 12.1 Å². The standard InChI is InChI=1S/C28H26N2O4S/c1-34-26-19-17-24(18-20-26)29(21-23-11-5-2-6-12-23)28(31)22-30(25-13-7-3-8-14-25)35(32,33)27-15-9-4-10-16-27/h2-20H,21-22H2,1H3. The minimum absolute atomic E-state index is 0.121. The number of carbonyl (C=O) groups excluding carboxylic acids is 1. The molecule has 0 bridgehead atoms. The maximum Gasteiger partial charge on any atom is 0.264 e. The molecule has 0 aromatic heterocycles. The molecule has 0 aliphatic carbocycles. The number of sulfonamides is 1. The van der Waals surface area contributed by atoms with Crippen LogP contribution in [0.3, 0.4) is 0 Å². The molecule has 0 radical (unpaired) electrons. The summed E-state index contributed by atoms with van der Waals surface area (Å²) in [7, 11) is -2.41. The number of carbonyl (C=O) groups is 1. The summed E-state index contributed by atoms with van der Waals surface area (Å²) in [6, 6.07) is 33.5. The van der Waals surface area contributed by atoms with Crippen molar-refractivity contribution >= 4 is 27.3 Å². The van der Waals surface area contributed by atoms with Crippen LogP contribution >= 0.6 is 0 Å². The Bertz CT molecular complexity index is 1340. The molecule has 0 N–H and O–H groups in total. The van der Waals surface area contributed by atoms with Crippen LogP contribution in [0.25, 0.3) is 0 Å². The molecule has 178 valence electrons. The van der Waals surface area contributed by atoms with Crippen molar-refractivity contribution in [2.75, 3.05) is 22.9 Å². The lowest BCUT2D eigenvalue weighted by atomic mass is 10.2. The van der Waals surface area contributed by atoms with E-state index in [4.69, 9.17) is 4.74 Å². The van der Waals surface area contributed by atoms with Gasteiger partial charge in [-0.2, -0.15) is 0 Å². The highest BCUT2D eigenvalue weighted by Gasteiger charge is 2.29. The lowest BCUT2D eigenvalue weighted by Crippen LogP contribution is -2.43. The molecule has 1 amide bonds. The monoisotopic (exact) mass is 486 g/mol. The van der Waals surface area contributed by atoms with Gasteiger partial charge in [-0.3, -0.25) is 9.10 Å². The van der Waals surface area contributed by atoms with Gasteiger partial charge in [-0.15, -0.1) is 0 Å². The van der Waals surface area contributed by atoms with E-state index in [1.54, 1.807) is 84.8 Å². The molecule has 0 aliphatic rings. The summed E-state index contributed by atoms with van der Waals surface area (Å²) in [4.78, 5) is 15.5. The third-order valence-electron chi connectivity index (χ3n) is 5.52. The number of ether oxygens (including phenoxy) is 1. The number of anilines is 2. The molecule has 7 heteroatoms. The Kier molecular flexibility index (Phi) is 7.48. The zero-order valence-corrected chi connectivity index (χ0v) is 20.1. The van der Waals surface area contributed by atoms with Gasteiger partial charge < -0.3 is 9.64 Å². The van der Waals surface area contributed by atoms with Crippen molar-refractivity contribution in [3.63, 3.8) is 0 Å². The minimum atomic E-state index is -3.98. The van der Waals surface area contributed by atoms with Gasteiger partial charge in [0.15, 0.2) is 0 Å². The third kappa shape index (κ3) is 5.70. The fourth-order valence-electron chi connectivity index (χ4n) is 3.69. The van der Waals surface area contributed by atoms with Crippen molar-refractivity contribution in [2.45, 2.75) is 11.4 Å². The molecule has 4 aromatic rings. The first-order valence-electron chi connectivity index (χ1n) is 11.1. The third-order valence-corrected chi connectivity index (χ3v) is 7.31. The van der Waals surface area contributed by atoms with E-state index in [2.05, 4.69) is 0 Å². The summed E-state index contributed by atoms with van der Waals surface area (Å²) < 4.78 is 33.6. The van der Waals surface area contributed by atoms with Gasteiger partial charge in [-0.25, -0.2) is 8.42 Å². The van der Waals surface area contributed by atoms with E-state index in [9.17, 15) is 13.2 Å². The second-order valence-corrected chi connectivity index (χ2v) is 9.69. The normalized spacial score (nSPS) is 11.0. The molecule has 0 saturated heterocycles. The van der Waals surface area contributed by atoms with E-state index in [0.717, 1.165) is 9.87 Å². The van der Waals surface area contributed by atoms with Crippen molar-refractivity contribution in [2.24, 2.45) is 0 Å². The molecule has 0 fully saturated rings. The number of amides is 1. The Balaban J connectivity index is 1.72. The van der Waals surface area contributed by atoms with Crippen LogP contribution in [0.4, 0.5) is 11.4 Å². The number of para-hydroxylation sites is 1. The Morgan fingerprint density at radius 2 is 1.26 bits per heavy atom. The average Bonchev–Trinajstić information content (AvgIpc) is 2.92. The van der Waals surface area contributed by atoms with Crippen LogP contribution in [-0.4, -0.2) is 28.0 Å². The molecule has 0 spiro atoms. The van der Waals surface area contributed by atoms with Crippen LogP contribution in [0, 0.1) is 0 Å². The number of nitrogens with zero attached hydrogens (tertiary/aromatic N) is 2. The molecule has 0 atom stereocenters. The molecule has 35 heavy (non-hydrogen) atoms. The molecule has 0 heterocycles. The summed E-state index contributed by atoms with van der Waals surface area (Å²) in [5.74, 6) is 0.306. The van der Waals surface area contributed by atoms with Gasteiger partial charge in [0.25, 0.3) is 10.0 Å². The summed E-state index contributed by atoms with van der Waals surface area (Å²) in [5.41, 5.74) is 1.98. The van der Waals surface area contributed by atoms with E-state index in [0.29, 0.717) is 23.7 Å². The second kappa shape index (κ2) is 10.9. The smallest absolute Gasteiger partial charge is 0.264 e. The number of benzene rings is 4. The van der Waals surface area contributed by atoms with Crippen LogP contribution in [0.1, 0.15) is 5.56 Å². The van der Waals surface area contributed by atoms with Crippen molar-refractivity contribution in [1.29, 1.82) is 0 Å². The molecule has 0 unspecified atom stereocenters. The molecule has 4 rings (SSSR count). The van der Waals surface area contributed by atoms with Gasteiger partial charge in [0.05, 0.1) is 24.2 Å². The number of methoxy groups -OCH3 is 1. The molecule has 0 aliphatic heterocycles. The largest absolute Gasteiger partial charge is 0.497 e. The van der Waals surface area contributed by atoms with Crippen LogP contribution < -0.4 is 13.9 Å². The van der Waals surface area contributed by atoms with Gasteiger partial charge in [-0.05, 0) is 54.1 Å². The maximum absolute atomic E-state index is 13.8. The van der Waals surface area contributed by atoms with Crippen LogP contribution in [0.2, 0.25) is 0 Å². The topological polar surface area (TPSA) is 66.9 Å². The Labute approximate surface area is 206 Å². The predicted octanol–water partition coefficient (Wildman–Crippen LogP) is 5.12. The van der Waals surface area contributed by atoms with E-state index in [-0.39, 0.29) is 17.3 Å². The fourth-order valence-corrected chi connectivity index (χ4v) is 5.12. The lowest BCUT2D eigenvalue weighted by Gasteiger charge is -2.29. The average molecular weight is 487 g/mol. The minimum Gasteiger partial charge on any atom is -0.497 e. The zero-order chi connectivity index (χ0) is 24.7. The summed E-state index contributed by atoms with van der Waals surface area (Å²) in [6.07, 6.45) is 0. The SMILES string of the molecule is COc1ccc(N(Cc2ccccc2)C(=O)CN(c2ccccc2)S(=O)(=O)c2ccccc2)cc1. The fraction of sp³-hybridized carbons (Fsp3) is 0.107. The molecule has 6 nitrogen and oxygen atoms in total. The lowest BCUT2D eigenvalue weighted by molar-refractivity contribution is -0.117. The first-order chi connectivity index (χ1) is 17.0. The highest BCUT2D eigenvalue weighted by Crippen LogP contribution is 2.26. The van der Waals surface area contributed by atoms with Gasteiger partial charge in [0, 0.05) is 5.69 Å². The van der Waals surface area contributed by atoms with Crippen LogP contribution in [-0.2, 0) is 21.4 Å². The zero-order valence-electron chi connectivity index (χ0n) is 19.3. The Hall–Kier alpha value is -4.10. The van der Waals surface area contributed by atoms with Gasteiger partial charge >= 0.3 is 0 Å². The van der Waals surface area contributed by atoms with E-state index >= 15 is 0 Å². The quantitative estimate of drug-likeness (QED) is 0.329. The first kappa shape index (κ1) is 24.0. The maximum atomic E-state index is 13.8. The van der Waals surface area contributed by atoms with Crippen molar-refractivity contribution in [1.82, 2.24) is 0 Å². The van der Waals surface area contributed by atoms with Crippen molar-refractivity contribution in [3.05, 3.63) is 121 Å². The highest BCUT2D eigenvalue weighted by molar-refractivity contribution is 7.92. The predicted molar refractivity (Wildman–Crippen MR) is 138 cm³/mol. The summed E-state index contributed by atoms with van der Waals surface area (Å²) >= 11 is 0. The van der Waals surface area contributed by atoms with Gasteiger partial charge in [0.2, 0.25) is 5.91 Å². The highest BCUT2D eigenvalue weighted by atomic mass is 32.2. The van der Waals surface area contributed by atoms with Gasteiger partial charge in [-0.1, -0.05) is 66.7 Å². The number of rotatable bonds is 9. The number of hydrogen-bond acceptors (Lipinski definition) is 4. The number of hydrogen-bond donors (Lipinski definition) is 0. The second-order valence-electron chi connectivity index (χ2n) is 7.82. The summed E-state index contributed by atoms with van der Waals surface area (Å²) in [5, 5.41) is 0. The summed E-state index contributed by atoms with van der Waals surface area (Å²) in [6.45, 7) is -0.0693. The van der Waals surface area contributed by atoms with Gasteiger partial charge in [0.1, 0.15) is 12.3 Å². The van der Waals surface area contributed by atoms with E-state index in [1.807, 2.05) is 30.3 Å². The first-order valence-corrected chi connectivity index (χ1v) is 12.5. The van der Waals surface area contributed by atoms with E-state index < -0.39 is 10.0 Å². The van der Waals surface area contributed by atoms with Crippen LogP contribution in [0.15, 0.2) is 120 Å². The van der Waals surface area contributed by atoms with Crippen molar-refractivity contribution < 1.29 is 17.9 Å². The molecular weight excluding hydrogens is 460 g/mol. The Morgan fingerprint density at radius 1 is 0.714 bits per heavy atom.